The van der Waals surface area contributed by atoms with Gasteiger partial charge in [0.25, 0.3) is 11.5 Å². The van der Waals surface area contributed by atoms with Gasteiger partial charge < -0.3 is 4.90 Å². The molecule has 8 nitrogen and oxygen atoms in total. The number of anilines is 1. The quantitative estimate of drug-likeness (QED) is 0.447. The third kappa shape index (κ3) is 3.65. The van der Waals surface area contributed by atoms with Crippen molar-refractivity contribution < 1.29 is 4.79 Å². The highest BCUT2D eigenvalue weighted by Crippen LogP contribution is 2.27. The lowest BCUT2D eigenvalue weighted by Gasteiger charge is -2.31. The van der Waals surface area contributed by atoms with Gasteiger partial charge in [0.1, 0.15) is 0 Å². The maximum absolute atomic E-state index is 13.2. The summed E-state index contributed by atoms with van der Waals surface area (Å²) in [6.07, 6.45) is 1.73. The topological polar surface area (TPSA) is 92.5 Å². The molecular weight excluding hydrogens is 428 g/mol. The zero-order valence-corrected chi connectivity index (χ0v) is 18.2. The Bertz CT molecular complexity index is 1520. The minimum Gasteiger partial charge on any atom is -0.306 e. The average Bonchev–Trinajstić information content (AvgIpc) is 2.87. The Morgan fingerprint density at radius 2 is 1.76 bits per heavy atom. The molecule has 4 heterocycles. The van der Waals surface area contributed by atoms with Crippen LogP contribution >= 0.6 is 0 Å². The first-order valence-electron chi connectivity index (χ1n) is 11.0. The summed E-state index contributed by atoms with van der Waals surface area (Å²) in [6.45, 7) is 1.14. The summed E-state index contributed by atoms with van der Waals surface area (Å²) in [6, 6.07) is 22.3. The van der Waals surface area contributed by atoms with Crippen molar-refractivity contribution in [1.82, 2.24) is 20.1 Å². The molecule has 1 N–H and O–H groups in total. The highest BCUT2D eigenvalue weighted by molar-refractivity contribution is 6.11. The molecule has 0 radical (unpaired) electrons. The van der Waals surface area contributed by atoms with E-state index in [-0.39, 0.29) is 18.0 Å². The molecule has 0 spiro atoms. The molecule has 2 aliphatic rings. The number of aliphatic imine (C=N–C) groups is 1. The Balaban J connectivity index is 1.53. The summed E-state index contributed by atoms with van der Waals surface area (Å²) in [5.74, 6) is 0.210. The Morgan fingerprint density at radius 1 is 0.853 bits per heavy atom. The van der Waals surface area contributed by atoms with Crippen LogP contribution in [0.2, 0.25) is 0 Å². The fourth-order valence-corrected chi connectivity index (χ4v) is 4.29. The van der Waals surface area contributed by atoms with Crippen molar-refractivity contribution in [3.63, 3.8) is 0 Å². The van der Waals surface area contributed by atoms with Crippen LogP contribution in [0.1, 0.15) is 27.2 Å². The number of pyridine rings is 1. The van der Waals surface area contributed by atoms with E-state index in [4.69, 9.17) is 0 Å². The van der Waals surface area contributed by atoms with Gasteiger partial charge in [0, 0.05) is 29.1 Å². The molecule has 2 aliphatic heterocycles. The Morgan fingerprint density at radius 3 is 2.71 bits per heavy atom. The van der Waals surface area contributed by atoms with Crippen molar-refractivity contribution >= 4 is 17.6 Å². The monoisotopic (exact) mass is 448 g/mol. The first-order valence-corrected chi connectivity index (χ1v) is 11.0. The molecule has 0 aliphatic carbocycles. The molecule has 166 valence electrons. The minimum atomic E-state index is -0.268. The van der Waals surface area contributed by atoms with Crippen LogP contribution in [0.5, 0.6) is 0 Å². The number of para-hydroxylation sites is 1. The normalized spacial score (nSPS) is 14.6. The van der Waals surface area contributed by atoms with E-state index in [0.717, 1.165) is 28.1 Å². The van der Waals surface area contributed by atoms with Crippen LogP contribution < -0.4 is 15.8 Å². The fraction of sp³-hybridized carbons (Fsp3) is 0.115. The molecule has 34 heavy (non-hydrogen) atoms. The van der Waals surface area contributed by atoms with Crippen molar-refractivity contribution in [3.8, 4) is 11.3 Å². The van der Waals surface area contributed by atoms with Gasteiger partial charge in [-0.15, -0.1) is 0 Å². The number of benzene rings is 2. The Labute approximate surface area is 195 Å². The van der Waals surface area contributed by atoms with E-state index in [1.807, 2.05) is 47.4 Å². The fourth-order valence-electron chi connectivity index (χ4n) is 4.29. The molecule has 0 fully saturated rings. The maximum Gasteiger partial charge on any atom is 0.267 e. The molecule has 6 rings (SSSR count). The van der Waals surface area contributed by atoms with E-state index in [2.05, 4.69) is 20.4 Å². The number of nitrogens with zero attached hydrogens (tertiary/aromatic N) is 5. The molecule has 0 saturated heterocycles. The summed E-state index contributed by atoms with van der Waals surface area (Å²) in [7, 11) is 0. The standard InChI is InChI=1S/C26H20N6O2/c33-24-9-8-22-18-10-11-27-21(13-18)16-31-23-7-2-1-5-20(23)14-28-26(31)29-25(34)19-6-3-4-17(12-19)15-32(24)30-22/h1-13H,14-16H2,(H,28,29,34). The van der Waals surface area contributed by atoms with Crippen molar-refractivity contribution in [3.05, 3.63) is 112 Å². The third-order valence-electron chi connectivity index (χ3n) is 5.98. The van der Waals surface area contributed by atoms with Gasteiger partial charge in [0.15, 0.2) is 0 Å². The van der Waals surface area contributed by atoms with E-state index in [1.165, 1.54) is 10.7 Å². The van der Waals surface area contributed by atoms with Crippen molar-refractivity contribution in [2.75, 3.05) is 4.90 Å². The second-order valence-electron chi connectivity index (χ2n) is 8.26. The molecule has 0 unspecified atom stereocenters. The molecule has 8 heteroatoms. The predicted octanol–water partition coefficient (Wildman–Crippen LogP) is 2.97. The lowest BCUT2D eigenvalue weighted by Crippen LogP contribution is -2.46. The Hall–Kier alpha value is -4.59. The van der Waals surface area contributed by atoms with E-state index < -0.39 is 0 Å². The second-order valence-corrected chi connectivity index (χ2v) is 8.26. The largest absolute Gasteiger partial charge is 0.306 e. The highest BCUT2D eigenvalue weighted by Gasteiger charge is 2.24. The summed E-state index contributed by atoms with van der Waals surface area (Å²) < 4.78 is 1.41. The van der Waals surface area contributed by atoms with Crippen LogP contribution in [0.15, 0.2) is 88.8 Å². The summed E-state index contributed by atoms with van der Waals surface area (Å²) in [5.41, 5.74) is 5.45. The summed E-state index contributed by atoms with van der Waals surface area (Å²) in [4.78, 5) is 36.9. The zero-order chi connectivity index (χ0) is 23.1. The molecule has 2 aromatic heterocycles. The zero-order valence-electron chi connectivity index (χ0n) is 18.2. The number of fused-ring (bicyclic) bond motifs is 10. The Kier molecular flexibility index (Phi) is 4.76. The number of aromatic nitrogens is 3. The molecular formula is C26H20N6O2. The third-order valence-corrected chi connectivity index (χ3v) is 5.98. The van der Waals surface area contributed by atoms with Crippen LogP contribution in [0.3, 0.4) is 0 Å². The van der Waals surface area contributed by atoms with Gasteiger partial charge in [-0.1, -0.05) is 30.3 Å². The van der Waals surface area contributed by atoms with Crippen molar-refractivity contribution in [2.45, 2.75) is 19.6 Å². The minimum absolute atomic E-state index is 0.208. The number of amides is 1. The van der Waals surface area contributed by atoms with E-state index in [9.17, 15) is 9.59 Å². The molecule has 0 saturated carbocycles. The van der Waals surface area contributed by atoms with E-state index in [0.29, 0.717) is 30.3 Å². The van der Waals surface area contributed by atoms with Gasteiger partial charge in [-0.3, -0.25) is 19.9 Å². The van der Waals surface area contributed by atoms with Crippen LogP contribution in [0.4, 0.5) is 5.69 Å². The van der Waals surface area contributed by atoms with E-state index >= 15 is 0 Å². The molecule has 6 bridgehead atoms. The predicted molar refractivity (Wildman–Crippen MR) is 129 cm³/mol. The SMILES string of the molecule is O=C1NC2=NCc3ccccc3N2Cc2cc(ccn2)-c2ccc(=O)n(n2)Cc2cccc1c2. The number of hydrogen-bond acceptors (Lipinski definition) is 6. The molecule has 1 amide bonds. The highest BCUT2D eigenvalue weighted by atomic mass is 16.2. The van der Waals surface area contributed by atoms with Gasteiger partial charge in [-0.25, -0.2) is 9.67 Å². The number of hydrogen-bond donors (Lipinski definition) is 1. The summed E-state index contributed by atoms with van der Waals surface area (Å²) >= 11 is 0. The van der Waals surface area contributed by atoms with Crippen molar-refractivity contribution in [1.29, 1.82) is 0 Å². The smallest absolute Gasteiger partial charge is 0.267 e. The lowest BCUT2D eigenvalue weighted by atomic mass is 10.1. The van der Waals surface area contributed by atoms with Crippen LogP contribution in [0, 0.1) is 0 Å². The molecule has 4 aromatic rings. The van der Waals surface area contributed by atoms with Crippen LogP contribution in [-0.2, 0) is 19.6 Å². The van der Waals surface area contributed by atoms with Gasteiger partial charge in [-0.05, 0) is 47.5 Å². The lowest BCUT2D eigenvalue weighted by molar-refractivity contribution is 0.0976. The van der Waals surface area contributed by atoms with Gasteiger partial charge >= 0.3 is 0 Å². The van der Waals surface area contributed by atoms with Crippen molar-refractivity contribution in [2.24, 2.45) is 4.99 Å². The number of carbonyl (C=O) groups is 1. The second kappa shape index (κ2) is 8.08. The first-order chi connectivity index (χ1) is 16.6. The molecule has 2 aromatic carbocycles. The first kappa shape index (κ1) is 20.0. The summed E-state index contributed by atoms with van der Waals surface area (Å²) in [5, 5.41) is 7.57. The number of nitrogens with one attached hydrogen (secondary N) is 1. The molecule has 0 atom stereocenters. The van der Waals surface area contributed by atoms with Gasteiger partial charge in [-0.2, -0.15) is 5.10 Å². The average molecular weight is 448 g/mol. The number of carbonyl (C=O) groups excluding carboxylic acids is 1. The maximum atomic E-state index is 13.2. The number of rotatable bonds is 0. The van der Waals surface area contributed by atoms with E-state index in [1.54, 1.807) is 30.5 Å². The van der Waals surface area contributed by atoms with Crippen LogP contribution in [-0.4, -0.2) is 26.6 Å². The van der Waals surface area contributed by atoms with Gasteiger partial charge in [0.05, 0.1) is 31.0 Å². The van der Waals surface area contributed by atoms with Crippen LogP contribution in [0.25, 0.3) is 11.3 Å². The number of guanidine groups is 1. The van der Waals surface area contributed by atoms with Gasteiger partial charge in [0.2, 0.25) is 5.96 Å².